The smallest absolute Gasteiger partial charge is 0.250 e. The third-order valence-electron chi connectivity index (χ3n) is 3.94. The first kappa shape index (κ1) is 16.9. The SMILES string of the molecule is CCN1CCCC1CNS(=O)(=O)c1ccc(CCNC)s1. The Kier molecular flexibility index (Phi) is 6.19. The topological polar surface area (TPSA) is 61.4 Å². The number of thiophene rings is 1. The Morgan fingerprint density at radius 1 is 1.43 bits per heavy atom. The van der Waals surface area contributed by atoms with Crippen LogP contribution < -0.4 is 10.0 Å². The zero-order chi connectivity index (χ0) is 15.3. The van der Waals surface area contributed by atoms with Gasteiger partial charge >= 0.3 is 0 Å². The van der Waals surface area contributed by atoms with Crippen molar-refractivity contribution in [3.05, 3.63) is 17.0 Å². The van der Waals surface area contributed by atoms with Crippen molar-refractivity contribution in [2.45, 2.75) is 36.4 Å². The number of nitrogens with zero attached hydrogens (tertiary/aromatic N) is 1. The fraction of sp³-hybridized carbons (Fsp3) is 0.714. The average Bonchev–Trinajstić information content (AvgIpc) is 3.12. The summed E-state index contributed by atoms with van der Waals surface area (Å²) in [6, 6.07) is 3.96. The van der Waals surface area contributed by atoms with Crippen LogP contribution in [0.1, 0.15) is 24.6 Å². The fourth-order valence-corrected chi connectivity index (χ4v) is 5.18. The highest BCUT2D eigenvalue weighted by atomic mass is 32.2. The van der Waals surface area contributed by atoms with E-state index in [9.17, 15) is 8.42 Å². The Labute approximate surface area is 131 Å². The lowest BCUT2D eigenvalue weighted by molar-refractivity contribution is 0.268. The van der Waals surface area contributed by atoms with Gasteiger partial charge in [0.2, 0.25) is 10.0 Å². The molecule has 1 atom stereocenters. The predicted molar refractivity (Wildman–Crippen MR) is 87.4 cm³/mol. The van der Waals surface area contributed by atoms with Gasteiger partial charge in [-0.2, -0.15) is 0 Å². The lowest BCUT2D eigenvalue weighted by Crippen LogP contribution is -2.39. The van der Waals surface area contributed by atoms with Crippen LogP contribution in [-0.4, -0.2) is 52.6 Å². The van der Waals surface area contributed by atoms with Gasteiger partial charge in [-0.05, 0) is 58.1 Å². The van der Waals surface area contributed by atoms with Gasteiger partial charge < -0.3 is 5.32 Å². The molecule has 1 saturated heterocycles. The zero-order valence-electron chi connectivity index (χ0n) is 12.8. The fourth-order valence-electron chi connectivity index (χ4n) is 2.70. The van der Waals surface area contributed by atoms with E-state index in [4.69, 9.17) is 0 Å². The normalized spacial score (nSPS) is 20.2. The van der Waals surface area contributed by atoms with Crippen molar-refractivity contribution in [3.63, 3.8) is 0 Å². The van der Waals surface area contributed by atoms with Crippen molar-refractivity contribution in [1.29, 1.82) is 0 Å². The maximum absolute atomic E-state index is 12.3. The van der Waals surface area contributed by atoms with E-state index in [1.807, 2.05) is 13.1 Å². The van der Waals surface area contributed by atoms with Crippen LogP contribution in [-0.2, 0) is 16.4 Å². The molecule has 2 N–H and O–H groups in total. The minimum Gasteiger partial charge on any atom is -0.319 e. The molecule has 0 radical (unpaired) electrons. The second-order valence-electron chi connectivity index (χ2n) is 5.35. The third kappa shape index (κ3) is 4.50. The molecular formula is C14H25N3O2S2. The molecule has 5 nitrogen and oxygen atoms in total. The summed E-state index contributed by atoms with van der Waals surface area (Å²) in [7, 11) is -1.47. The van der Waals surface area contributed by atoms with E-state index >= 15 is 0 Å². The molecule has 120 valence electrons. The molecule has 0 aliphatic carbocycles. The van der Waals surface area contributed by atoms with E-state index in [0.29, 0.717) is 16.8 Å². The van der Waals surface area contributed by atoms with E-state index in [1.165, 1.54) is 11.3 Å². The van der Waals surface area contributed by atoms with Gasteiger partial charge in [0, 0.05) is 17.5 Å². The highest BCUT2D eigenvalue weighted by molar-refractivity contribution is 7.91. The maximum Gasteiger partial charge on any atom is 0.250 e. The molecule has 1 fully saturated rings. The summed E-state index contributed by atoms with van der Waals surface area (Å²) < 4.78 is 27.9. The summed E-state index contributed by atoms with van der Waals surface area (Å²) in [4.78, 5) is 3.44. The van der Waals surface area contributed by atoms with Crippen molar-refractivity contribution in [1.82, 2.24) is 14.9 Å². The summed E-state index contributed by atoms with van der Waals surface area (Å²) in [6.45, 7) is 5.57. The second kappa shape index (κ2) is 7.69. The van der Waals surface area contributed by atoms with Crippen LogP contribution in [0.3, 0.4) is 0 Å². The second-order valence-corrected chi connectivity index (χ2v) is 8.51. The number of likely N-dealkylation sites (tertiary alicyclic amines) is 1. The number of hydrogen-bond donors (Lipinski definition) is 2. The Balaban J connectivity index is 1.93. The third-order valence-corrected chi connectivity index (χ3v) is 7.00. The van der Waals surface area contributed by atoms with Gasteiger partial charge in [-0.3, -0.25) is 4.90 Å². The first-order valence-electron chi connectivity index (χ1n) is 7.54. The van der Waals surface area contributed by atoms with Crippen LogP contribution in [0.2, 0.25) is 0 Å². The minimum atomic E-state index is -3.36. The van der Waals surface area contributed by atoms with Crippen LogP contribution in [0.5, 0.6) is 0 Å². The number of hydrogen-bond acceptors (Lipinski definition) is 5. The molecule has 1 aliphatic rings. The molecule has 2 heterocycles. The van der Waals surface area contributed by atoms with Crippen molar-refractivity contribution in [2.24, 2.45) is 0 Å². The van der Waals surface area contributed by atoms with Gasteiger partial charge in [-0.15, -0.1) is 11.3 Å². The highest BCUT2D eigenvalue weighted by Crippen LogP contribution is 2.22. The lowest BCUT2D eigenvalue weighted by Gasteiger charge is -2.22. The van der Waals surface area contributed by atoms with Crippen molar-refractivity contribution >= 4 is 21.4 Å². The van der Waals surface area contributed by atoms with Gasteiger partial charge in [0.15, 0.2) is 0 Å². The summed E-state index contributed by atoms with van der Waals surface area (Å²) in [5, 5.41) is 3.07. The highest BCUT2D eigenvalue weighted by Gasteiger charge is 2.25. The largest absolute Gasteiger partial charge is 0.319 e. The summed E-state index contributed by atoms with van der Waals surface area (Å²) in [6.07, 6.45) is 3.10. The van der Waals surface area contributed by atoms with E-state index in [-0.39, 0.29) is 0 Å². The van der Waals surface area contributed by atoms with Gasteiger partial charge in [0.25, 0.3) is 0 Å². The summed E-state index contributed by atoms with van der Waals surface area (Å²) in [5.74, 6) is 0. The van der Waals surface area contributed by atoms with E-state index in [1.54, 1.807) is 6.07 Å². The van der Waals surface area contributed by atoms with Gasteiger partial charge in [-0.1, -0.05) is 6.92 Å². The van der Waals surface area contributed by atoms with Gasteiger partial charge in [0.1, 0.15) is 4.21 Å². The van der Waals surface area contributed by atoms with Crippen LogP contribution in [0, 0.1) is 0 Å². The van der Waals surface area contributed by atoms with Gasteiger partial charge in [0.05, 0.1) is 0 Å². The quantitative estimate of drug-likeness (QED) is 0.753. The van der Waals surface area contributed by atoms with Crippen LogP contribution >= 0.6 is 11.3 Å². The Morgan fingerprint density at radius 3 is 2.95 bits per heavy atom. The molecule has 1 aromatic rings. The Bertz CT molecular complexity index is 542. The van der Waals surface area contributed by atoms with Crippen LogP contribution in [0.4, 0.5) is 0 Å². The number of nitrogens with one attached hydrogen (secondary N) is 2. The standard InChI is InChI=1S/C14H25N3O2S2/c1-3-17-10-4-5-12(17)11-16-21(18,19)14-7-6-13(20-14)8-9-15-2/h6-7,12,15-16H,3-5,8-11H2,1-2H3. The molecule has 0 aromatic carbocycles. The first-order valence-corrected chi connectivity index (χ1v) is 9.84. The Morgan fingerprint density at radius 2 is 2.24 bits per heavy atom. The molecule has 0 bridgehead atoms. The number of sulfonamides is 1. The van der Waals surface area contributed by atoms with Crippen molar-refractivity contribution in [2.75, 3.05) is 33.2 Å². The van der Waals surface area contributed by atoms with Crippen molar-refractivity contribution in [3.8, 4) is 0 Å². The predicted octanol–water partition coefficient (Wildman–Crippen LogP) is 1.27. The monoisotopic (exact) mass is 331 g/mol. The molecule has 2 rings (SSSR count). The zero-order valence-corrected chi connectivity index (χ0v) is 14.4. The molecule has 0 amide bonds. The van der Waals surface area contributed by atoms with Crippen LogP contribution in [0.15, 0.2) is 16.3 Å². The molecule has 1 aliphatic heterocycles. The van der Waals surface area contributed by atoms with Crippen molar-refractivity contribution < 1.29 is 8.42 Å². The number of rotatable bonds is 8. The summed E-state index contributed by atoms with van der Waals surface area (Å²) >= 11 is 1.36. The Hall–Kier alpha value is -0.470. The summed E-state index contributed by atoms with van der Waals surface area (Å²) in [5.41, 5.74) is 0. The number of likely N-dealkylation sites (N-methyl/N-ethyl adjacent to an activating group) is 2. The van der Waals surface area contributed by atoms with E-state index in [2.05, 4.69) is 21.9 Å². The minimum absolute atomic E-state index is 0.341. The molecule has 21 heavy (non-hydrogen) atoms. The molecule has 0 saturated carbocycles. The van der Waals surface area contributed by atoms with E-state index in [0.717, 1.165) is 43.8 Å². The molecular weight excluding hydrogens is 306 g/mol. The molecule has 1 aromatic heterocycles. The van der Waals surface area contributed by atoms with Gasteiger partial charge in [-0.25, -0.2) is 13.1 Å². The molecule has 1 unspecified atom stereocenters. The molecule has 0 spiro atoms. The maximum atomic E-state index is 12.3. The molecule has 7 heteroatoms. The lowest BCUT2D eigenvalue weighted by atomic mass is 10.2. The van der Waals surface area contributed by atoms with Crippen LogP contribution in [0.25, 0.3) is 0 Å². The average molecular weight is 332 g/mol. The van der Waals surface area contributed by atoms with E-state index < -0.39 is 10.0 Å². The first-order chi connectivity index (χ1) is 10.1.